The molecule has 3 heteroatoms. The summed E-state index contributed by atoms with van der Waals surface area (Å²) < 4.78 is 0. The van der Waals surface area contributed by atoms with Gasteiger partial charge in [-0.05, 0) is 44.0 Å². The highest BCUT2D eigenvalue weighted by atomic mass is 35.5. The van der Waals surface area contributed by atoms with Crippen molar-refractivity contribution in [3.63, 3.8) is 0 Å². The van der Waals surface area contributed by atoms with E-state index in [1.807, 2.05) is 18.2 Å². The summed E-state index contributed by atoms with van der Waals surface area (Å²) in [6.45, 7) is 2.54. The molecule has 2 fully saturated rings. The lowest BCUT2D eigenvalue weighted by Gasteiger charge is -2.22. The van der Waals surface area contributed by atoms with Crippen molar-refractivity contribution in [1.29, 1.82) is 0 Å². The number of anilines is 1. The molecule has 1 aromatic carbocycles. The van der Waals surface area contributed by atoms with Crippen molar-refractivity contribution in [3.8, 4) is 0 Å². The van der Waals surface area contributed by atoms with Crippen LogP contribution in [0.15, 0.2) is 24.3 Å². The molecular weight excluding hydrogens is 220 g/mol. The fourth-order valence-corrected chi connectivity index (χ4v) is 3.23. The van der Waals surface area contributed by atoms with Crippen molar-refractivity contribution < 1.29 is 0 Å². The highest BCUT2D eigenvalue weighted by molar-refractivity contribution is 6.30. The van der Waals surface area contributed by atoms with Gasteiger partial charge in [0.15, 0.2) is 0 Å². The Morgan fingerprint density at radius 3 is 3.06 bits per heavy atom. The van der Waals surface area contributed by atoms with Crippen molar-refractivity contribution in [1.82, 2.24) is 4.90 Å². The molecule has 0 aromatic heterocycles. The van der Waals surface area contributed by atoms with Crippen LogP contribution in [0.2, 0.25) is 5.02 Å². The van der Waals surface area contributed by atoms with Gasteiger partial charge in [0, 0.05) is 29.3 Å². The first-order chi connectivity index (χ1) is 7.83. The maximum absolute atomic E-state index is 5.99. The van der Waals surface area contributed by atoms with Gasteiger partial charge in [-0.3, -0.25) is 4.90 Å². The first-order valence-electron chi connectivity index (χ1n) is 6.09. The minimum absolute atomic E-state index is 0.612. The van der Waals surface area contributed by atoms with Crippen molar-refractivity contribution >= 4 is 17.3 Å². The molecule has 2 nitrogen and oxygen atoms in total. The smallest absolute Gasteiger partial charge is 0.0429 e. The van der Waals surface area contributed by atoms with Crippen LogP contribution in [0.25, 0.3) is 0 Å². The molecule has 2 aliphatic heterocycles. The highest BCUT2D eigenvalue weighted by Gasteiger charge is 2.36. The number of halogens is 1. The molecule has 0 aliphatic carbocycles. The van der Waals surface area contributed by atoms with Crippen LogP contribution in [0.5, 0.6) is 0 Å². The van der Waals surface area contributed by atoms with Gasteiger partial charge >= 0.3 is 0 Å². The van der Waals surface area contributed by atoms with Gasteiger partial charge in [-0.1, -0.05) is 17.7 Å². The fraction of sp³-hybridized carbons (Fsp3) is 0.538. The third kappa shape index (κ3) is 1.92. The standard InChI is InChI=1S/C13H17ClN2/c14-10-3-1-4-11(9-10)15-12-6-8-16-7-2-5-13(12)16/h1,3-4,9,12-13,15H,2,5-8H2. The average molecular weight is 237 g/mol. The van der Waals surface area contributed by atoms with Crippen LogP contribution in [0.1, 0.15) is 19.3 Å². The summed E-state index contributed by atoms with van der Waals surface area (Å²) in [6.07, 6.45) is 3.97. The summed E-state index contributed by atoms with van der Waals surface area (Å²) in [5.74, 6) is 0. The molecule has 0 bridgehead atoms. The molecule has 0 amide bonds. The molecule has 86 valence electrons. The second kappa shape index (κ2) is 4.27. The summed E-state index contributed by atoms with van der Waals surface area (Å²) in [7, 11) is 0. The predicted molar refractivity (Wildman–Crippen MR) is 68.1 cm³/mol. The largest absolute Gasteiger partial charge is 0.381 e. The van der Waals surface area contributed by atoms with E-state index in [9.17, 15) is 0 Å². The third-order valence-corrected chi connectivity index (χ3v) is 4.02. The van der Waals surface area contributed by atoms with Crippen LogP contribution in [0, 0.1) is 0 Å². The molecule has 3 rings (SSSR count). The van der Waals surface area contributed by atoms with E-state index in [-0.39, 0.29) is 0 Å². The molecule has 2 unspecified atom stereocenters. The van der Waals surface area contributed by atoms with Gasteiger partial charge in [-0.15, -0.1) is 0 Å². The molecule has 2 heterocycles. The number of fused-ring (bicyclic) bond motifs is 1. The van der Waals surface area contributed by atoms with E-state index < -0.39 is 0 Å². The van der Waals surface area contributed by atoms with E-state index in [1.165, 1.54) is 32.4 Å². The minimum Gasteiger partial charge on any atom is -0.381 e. The minimum atomic E-state index is 0.612. The zero-order valence-electron chi connectivity index (χ0n) is 9.32. The Hall–Kier alpha value is -0.730. The number of hydrogen-bond acceptors (Lipinski definition) is 2. The van der Waals surface area contributed by atoms with Gasteiger partial charge in [0.05, 0.1) is 0 Å². The zero-order chi connectivity index (χ0) is 11.0. The number of nitrogens with zero attached hydrogens (tertiary/aromatic N) is 1. The quantitative estimate of drug-likeness (QED) is 0.849. The summed E-state index contributed by atoms with van der Waals surface area (Å²) in [4.78, 5) is 2.61. The molecule has 0 saturated carbocycles. The lowest BCUT2D eigenvalue weighted by Crippen LogP contribution is -2.33. The van der Waals surface area contributed by atoms with E-state index in [2.05, 4.69) is 16.3 Å². The van der Waals surface area contributed by atoms with Crippen molar-refractivity contribution in [2.45, 2.75) is 31.3 Å². The molecule has 16 heavy (non-hydrogen) atoms. The highest BCUT2D eigenvalue weighted by Crippen LogP contribution is 2.30. The van der Waals surface area contributed by atoms with Crippen LogP contribution in [0.3, 0.4) is 0 Å². The third-order valence-electron chi connectivity index (χ3n) is 3.78. The second-order valence-corrected chi connectivity index (χ2v) is 5.23. The molecule has 0 radical (unpaired) electrons. The Kier molecular flexibility index (Phi) is 2.78. The summed E-state index contributed by atoms with van der Waals surface area (Å²) in [6, 6.07) is 9.40. The number of hydrogen-bond donors (Lipinski definition) is 1. The Labute approximate surface area is 102 Å². The van der Waals surface area contributed by atoms with Gasteiger partial charge in [0.2, 0.25) is 0 Å². The van der Waals surface area contributed by atoms with Crippen molar-refractivity contribution in [2.75, 3.05) is 18.4 Å². The van der Waals surface area contributed by atoms with E-state index >= 15 is 0 Å². The summed E-state index contributed by atoms with van der Waals surface area (Å²) >= 11 is 5.99. The zero-order valence-corrected chi connectivity index (χ0v) is 10.1. The molecule has 2 saturated heterocycles. The molecule has 1 N–H and O–H groups in total. The number of benzene rings is 1. The van der Waals surface area contributed by atoms with Crippen molar-refractivity contribution in [3.05, 3.63) is 29.3 Å². The first kappa shape index (κ1) is 10.4. The average Bonchev–Trinajstić information content (AvgIpc) is 2.83. The van der Waals surface area contributed by atoms with Gasteiger partial charge in [0.1, 0.15) is 0 Å². The van der Waals surface area contributed by atoms with Crippen LogP contribution in [0.4, 0.5) is 5.69 Å². The predicted octanol–water partition coefficient (Wildman–Crippen LogP) is 2.99. The monoisotopic (exact) mass is 236 g/mol. The van der Waals surface area contributed by atoms with E-state index in [4.69, 9.17) is 11.6 Å². The van der Waals surface area contributed by atoms with Crippen LogP contribution in [-0.2, 0) is 0 Å². The van der Waals surface area contributed by atoms with E-state index in [1.54, 1.807) is 0 Å². The van der Waals surface area contributed by atoms with Gasteiger partial charge in [-0.2, -0.15) is 0 Å². The van der Waals surface area contributed by atoms with Crippen LogP contribution >= 0.6 is 11.6 Å². The van der Waals surface area contributed by atoms with Crippen LogP contribution < -0.4 is 5.32 Å². The summed E-state index contributed by atoms with van der Waals surface area (Å²) in [5, 5.41) is 4.44. The molecule has 2 aliphatic rings. The van der Waals surface area contributed by atoms with Gasteiger partial charge in [0.25, 0.3) is 0 Å². The second-order valence-electron chi connectivity index (χ2n) is 4.80. The normalized spacial score (nSPS) is 29.3. The molecule has 1 aromatic rings. The SMILES string of the molecule is Clc1cccc(NC2CCN3CCCC23)c1. The lowest BCUT2D eigenvalue weighted by atomic mass is 10.1. The Bertz CT molecular complexity index is 380. The molecule has 0 spiro atoms. The Balaban J connectivity index is 1.71. The Morgan fingerprint density at radius 2 is 2.19 bits per heavy atom. The Morgan fingerprint density at radius 1 is 1.25 bits per heavy atom. The van der Waals surface area contributed by atoms with Gasteiger partial charge in [-0.25, -0.2) is 0 Å². The molecular formula is C13H17ClN2. The number of nitrogens with one attached hydrogen (secondary N) is 1. The number of rotatable bonds is 2. The van der Waals surface area contributed by atoms with E-state index in [0.717, 1.165) is 16.8 Å². The lowest BCUT2D eigenvalue weighted by molar-refractivity contribution is 0.318. The molecule has 2 atom stereocenters. The first-order valence-corrected chi connectivity index (χ1v) is 6.47. The topological polar surface area (TPSA) is 15.3 Å². The maximum Gasteiger partial charge on any atom is 0.0429 e. The van der Waals surface area contributed by atoms with Gasteiger partial charge < -0.3 is 5.32 Å². The van der Waals surface area contributed by atoms with E-state index in [0.29, 0.717) is 6.04 Å². The fourth-order valence-electron chi connectivity index (χ4n) is 3.04. The maximum atomic E-state index is 5.99. The van der Waals surface area contributed by atoms with Crippen molar-refractivity contribution in [2.24, 2.45) is 0 Å². The summed E-state index contributed by atoms with van der Waals surface area (Å²) in [5.41, 5.74) is 1.16. The van der Waals surface area contributed by atoms with Crippen LogP contribution in [-0.4, -0.2) is 30.1 Å².